The molecule has 0 atom stereocenters. The van der Waals surface area contributed by atoms with E-state index in [2.05, 4.69) is 72.8 Å². The van der Waals surface area contributed by atoms with Crippen LogP contribution in [0.3, 0.4) is 0 Å². The summed E-state index contributed by atoms with van der Waals surface area (Å²) in [6.07, 6.45) is 0.965. The van der Waals surface area contributed by atoms with Gasteiger partial charge in [-0.3, -0.25) is 0 Å². The van der Waals surface area contributed by atoms with Crippen LogP contribution in [0.25, 0.3) is 11.0 Å². The highest BCUT2D eigenvalue weighted by Gasteiger charge is 2.06. The number of aromatic nitrogens is 2. The summed E-state index contributed by atoms with van der Waals surface area (Å²) in [5.74, 6) is 2.57. The Bertz CT molecular complexity index is 772. The Kier molecular flexibility index (Phi) is 4.65. The first kappa shape index (κ1) is 15.6. The minimum absolute atomic E-state index is 0.557. The van der Waals surface area contributed by atoms with E-state index in [0.717, 1.165) is 30.1 Å². The maximum absolute atomic E-state index is 5.86. The summed E-state index contributed by atoms with van der Waals surface area (Å²) in [6.45, 7) is 8.11. The van der Waals surface area contributed by atoms with E-state index >= 15 is 0 Å². The zero-order chi connectivity index (χ0) is 16.2. The van der Waals surface area contributed by atoms with Crippen LogP contribution in [-0.2, 0) is 6.54 Å². The second kappa shape index (κ2) is 6.86. The number of hydrogen-bond donors (Lipinski definition) is 0. The van der Waals surface area contributed by atoms with Gasteiger partial charge in [0.1, 0.15) is 11.6 Å². The molecule has 0 bridgehead atoms. The third-order valence-electron chi connectivity index (χ3n) is 4.19. The third-order valence-corrected chi connectivity index (χ3v) is 4.19. The Hall–Kier alpha value is -2.29. The van der Waals surface area contributed by atoms with Gasteiger partial charge in [0.2, 0.25) is 0 Å². The largest absolute Gasteiger partial charge is 0.494 e. The van der Waals surface area contributed by atoms with Crippen LogP contribution in [0.5, 0.6) is 5.75 Å². The van der Waals surface area contributed by atoms with E-state index in [1.165, 1.54) is 11.1 Å². The molecule has 0 amide bonds. The maximum atomic E-state index is 5.86. The van der Waals surface area contributed by atoms with Gasteiger partial charge in [0, 0.05) is 6.54 Å². The Balaban J connectivity index is 1.56. The number of rotatable bonds is 6. The van der Waals surface area contributed by atoms with Crippen molar-refractivity contribution in [3.63, 3.8) is 0 Å². The van der Waals surface area contributed by atoms with E-state index in [4.69, 9.17) is 4.74 Å². The number of fused-ring (bicyclic) bond motifs is 1. The van der Waals surface area contributed by atoms with Gasteiger partial charge in [-0.25, -0.2) is 4.98 Å². The summed E-state index contributed by atoms with van der Waals surface area (Å²) in [6, 6.07) is 16.7. The molecule has 3 rings (SSSR count). The van der Waals surface area contributed by atoms with Crippen molar-refractivity contribution in [3.05, 3.63) is 59.9 Å². The molecule has 0 N–H and O–H groups in total. The number of imidazole rings is 1. The van der Waals surface area contributed by atoms with Gasteiger partial charge in [-0.15, -0.1) is 0 Å². The van der Waals surface area contributed by atoms with Gasteiger partial charge < -0.3 is 9.30 Å². The molecule has 0 aliphatic heterocycles. The Morgan fingerprint density at radius 1 is 1.04 bits per heavy atom. The molecule has 2 aromatic carbocycles. The summed E-state index contributed by atoms with van der Waals surface area (Å²) in [5.41, 5.74) is 3.61. The highest BCUT2D eigenvalue weighted by Crippen LogP contribution is 2.19. The predicted octanol–water partition coefficient (Wildman–Crippen LogP) is 4.94. The summed E-state index contributed by atoms with van der Waals surface area (Å²) in [4.78, 5) is 4.60. The average molecular weight is 308 g/mol. The van der Waals surface area contributed by atoms with Crippen LogP contribution < -0.4 is 4.74 Å². The normalized spacial score (nSPS) is 11.3. The molecule has 0 aliphatic carbocycles. The molecular formula is C20H24N2O. The van der Waals surface area contributed by atoms with E-state index in [9.17, 15) is 0 Å². The van der Waals surface area contributed by atoms with Crippen LogP contribution in [0.2, 0.25) is 0 Å². The molecule has 0 saturated carbocycles. The monoisotopic (exact) mass is 308 g/mol. The minimum atomic E-state index is 0.557. The number of ether oxygens (including phenoxy) is 1. The van der Waals surface area contributed by atoms with Gasteiger partial charge in [0.05, 0.1) is 17.6 Å². The first-order chi connectivity index (χ1) is 11.1. The Labute approximate surface area is 137 Å². The molecule has 0 fully saturated rings. The van der Waals surface area contributed by atoms with Crippen molar-refractivity contribution in [1.82, 2.24) is 9.55 Å². The molecule has 0 aliphatic rings. The highest BCUT2D eigenvalue weighted by atomic mass is 16.5. The molecule has 23 heavy (non-hydrogen) atoms. The van der Waals surface area contributed by atoms with Gasteiger partial charge in [0.15, 0.2) is 0 Å². The number of nitrogens with zero attached hydrogens (tertiary/aromatic N) is 2. The lowest BCUT2D eigenvalue weighted by molar-refractivity contribution is 0.302. The number of benzene rings is 2. The fraction of sp³-hybridized carbons (Fsp3) is 0.350. The standard InChI is InChI=1S/C20H24N2O/c1-15(2)17-9-11-18(12-10-17)23-14-6-13-22-16(3)21-19-7-4-5-8-20(19)22/h4-5,7-12,15H,6,13-14H2,1-3H3. The fourth-order valence-electron chi connectivity index (χ4n) is 2.84. The third kappa shape index (κ3) is 3.55. The summed E-state index contributed by atoms with van der Waals surface area (Å²) in [5, 5.41) is 0. The maximum Gasteiger partial charge on any atom is 0.119 e. The highest BCUT2D eigenvalue weighted by molar-refractivity contribution is 5.75. The van der Waals surface area contributed by atoms with E-state index in [0.29, 0.717) is 12.5 Å². The van der Waals surface area contributed by atoms with Crippen molar-refractivity contribution in [2.75, 3.05) is 6.61 Å². The SMILES string of the molecule is Cc1nc2ccccc2n1CCCOc1ccc(C(C)C)cc1. The lowest BCUT2D eigenvalue weighted by atomic mass is 10.0. The average Bonchev–Trinajstić information content (AvgIpc) is 2.87. The minimum Gasteiger partial charge on any atom is -0.494 e. The van der Waals surface area contributed by atoms with Crippen LogP contribution in [0.1, 0.15) is 37.6 Å². The van der Waals surface area contributed by atoms with Gasteiger partial charge in [-0.2, -0.15) is 0 Å². The molecule has 3 aromatic rings. The van der Waals surface area contributed by atoms with Gasteiger partial charge in [-0.05, 0) is 49.1 Å². The Morgan fingerprint density at radius 3 is 2.52 bits per heavy atom. The molecule has 0 unspecified atom stereocenters. The van der Waals surface area contributed by atoms with E-state index < -0.39 is 0 Å². The van der Waals surface area contributed by atoms with Gasteiger partial charge >= 0.3 is 0 Å². The van der Waals surface area contributed by atoms with E-state index in [1.54, 1.807) is 0 Å². The first-order valence-corrected chi connectivity index (χ1v) is 8.30. The van der Waals surface area contributed by atoms with Crippen LogP contribution >= 0.6 is 0 Å². The first-order valence-electron chi connectivity index (χ1n) is 8.30. The van der Waals surface area contributed by atoms with Crippen molar-refractivity contribution >= 4 is 11.0 Å². The second-order valence-electron chi connectivity index (χ2n) is 6.23. The molecule has 3 nitrogen and oxygen atoms in total. The zero-order valence-electron chi connectivity index (χ0n) is 14.1. The van der Waals surface area contributed by atoms with E-state index in [-0.39, 0.29) is 0 Å². The molecule has 3 heteroatoms. The van der Waals surface area contributed by atoms with Crippen LogP contribution in [0.15, 0.2) is 48.5 Å². The number of aryl methyl sites for hydroxylation is 2. The molecule has 1 heterocycles. The van der Waals surface area contributed by atoms with Crippen molar-refractivity contribution in [3.8, 4) is 5.75 Å². The lowest BCUT2D eigenvalue weighted by Crippen LogP contribution is -2.06. The van der Waals surface area contributed by atoms with Crippen LogP contribution in [0, 0.1) is 6.92 Å². The molecule has 0 saturated heterocycles. The fourth-order valence-corrected chi connectivity index (χ4v) is 2.84. The lowest BCUT2D eigenvalue weighted by Gasteiger charge is -2.10. The van der Waals surface area contributed by atoms with Gasteiger partial charge in [0.25, 0.3) is 0 Å². The van der Waals surface area contributed by atoms with Crippen molar-refractivity contribution in [2.24, 2.45) is 0 Å². The summed E-state index contributed by atoms with van der Waals surface area (Å²) in [7, 11) is 0. The predicted molar refractivity (Wildman–Crippen MR) is 95.1 cm³/mol. The molecule has 0 radical (unpaired) electrons. The second-order valence-corrected chi connectivity index (χ2v) is 6.23. The summed E-state index contributed by atoms with van der Waals surface area (Å²) >= 11 is 0. The van der Waals surface area contributed by atoms with Crippen molar-refractivity contribution in [1.29, 1.82) is 0 Å². The number of para-hydroxylation sites is 2. The molecular weight excluding hydrogens is 284 g/mol. The van der Waals surface area contributed by atoms with E-state index in [1.807, 2.05) is 6.07 Å². The van der Waals surface area contributed by atoms with Crippen molar-refractivity contribution < 1.29 is 4.74 Å². The van der Waals surface area contributed by atoms with Crippen molar-refractivity contribution in [2.45, 2.75) is 39.7 Å². The topological polar surface area (TPSA) is 27.1 Å². The molecule has 120 valence electrons. The van der Waals surface area contributed by atoms with Crippen LogP contribution in [-0.4, -0.2) is 16.2 Å². The quantitative estimate of drug-likeness (QED) is 0.603. The van der Waals surface area contributed by atoms with Gasteiger partial charge in [-0.1, -0.05) is 38.1 Å². The molecule has 0 spiro atoms. The molecule has 1 aromatic heterocycles. The Morgan fingerprint density at radius 2 is 1.78 bits per heavy atom. The smallest absolute Gasteiger partial charge is 0.119 e. The summed E-state index contributed by atoms with van der Waals surface area (Å²) < 4.78 is 8.12. The number of hydrogen-bond acceptors (Lipinski definition) is 2. The van der Waals surface area contributed by atoms with Crippen LogP contribution in [0.4, 0.5) is 0 Å². The zero-order valence-corrected chi connectivity index (χ0v) is 14.1.